The van der Waals surface area contributed by atoms with Crippen molar-refractivity contribution in [2.24, 2.45) is 0 Å². The van der Waals surface area contributed by atoms with Gasteiger partial charge in [0.1, 0.15) is 5.58 Å². The second-order valence-electron chi connectivity index (χ2n) is 4.60. The first-order chi connectivity index (χ1) is 10.1. The normalized spacial score (nSPS) is 10.2. The minimum absolute atomic E-state index is 0. The highest BCUT2D eigenvalue weighted by Crippen LogP contribution is 2.24. The molecule has 1 heterocycles. The molecule has 0 aliphatic heterocycles. The van der Waals surface area contributed by atoms with Gasteiger partial charge in [0, 0.05) is 30.6 Å². The van der Waals surface area contributed by atoms with Crippen molar-refractivity contribution in [3.8, 4) is 0 Å². The molecule has 1 aromatic heterocycles. The fraction of sp³-hybridized carbons (Fsp3) is 0.357. The number of amides is 1. The third-order valence-corrected chi connectivity index (χ3v) is 2.95. The first kappa shape index (κ1) is 17.9. The summed E-state index contributed by atoms with van der Waals surface area (Å²) in [5.41, 5.74) is 0.425. The zero-order valence-corrected chi connectivity index (χ0v) is 12.9. The quantitative estimate of drug-likeness (QED) is 0.462. The zero-order chi connectivity index (χ0) is 15.2. The second kappa shape index (κ2) is 8.35. The van der Waals surface area contributed by atoms with Crippen molar-refractivity contribution in [1.82, 2.24) is 10.6 Å². The predicted octanol–water partition coefficient (Wildman–Crippen LogP) is 2.49. The Hall–Kier alpha value is -2.12. The number of nitro groups is 1. The van der Waals surface area contributed by atoms with Crippen LogP contribution in [0.4, 0.5) is 5.69 Å². The van der Waals surface area contributed by atoms with Gasteiger partial charge in [-0.05, 0) is 25.1 Å². The number of nitrogens with zero attached hydrogens (tertiary/aromatic N) is 1. The van der Waals surface area contributed by atoms with Crippen LogP contribution in [0.25, 0.3) is 11.0 Å². The lowest BCUT2D eigenvalue weighted by Crippen LogP contribution is -2.31. The molecule has 0 fully saturated rings. The van der Waals surface area contributed by atoms with Crippen molar-refractivity contribution in [3.05, 3.63) is 40.1 Å². The van der Waals surface area contributed by atoms with Gasteiger partial charge in [0.25, 0.3) is 11.6 Å². The number of furan rings is 1. The average molecular weight is 328 g/mol. The van der Waals surface area contributed by atoms with E-state index in [-0.39, 0.29) is 29.8 Å². The van der Waals surface area contributed by atoms with Gasteiger partial charge in [0.2, 0.25) is 0 Å². The highest BCUT2D eigenvalue weighted by Gasteiger charge is 2.14. The van der Waals surface area contributed by atoms with Crippen LogP contribution in [0.2, 0.25) is 0 Å². The van der Waals surface area contributed by atoms with Crippen molar-refractivity contribution in [2.45, 2.75) is 13.3 Å². The van der Waals surface area contributed by atoms with Crippen molar-refractivity contribution < 1.29 is 14.1 Å². The summed E-state index contributed by atoms with van der Waals surface area (Å²) in [7, 11) is 0. The van der Waals surface area contributed by atoms with Gasteiger partial charge in [-0.1, -0.05) is 6.92 Å². The van der Waals surface area contributed by atoms with E-state index in [2.05, 4.69) is 17.6 Å². The monoisotopic (exact) mass is 327 g/mol. The molecule has 0 saturated heterocycles. The maximum absolute atomic E-state index is 11.9. The Morgan fingerprint density at radius 1 is 1.27 bits per heavy atom. The molecule has 8 heteroatoms. The van der Waals surface area contributed by atoms with E-state index in [0.717, 1.165) is 13.0 Å². The molecular weight excluding hydrogens is 310 g/mol. The van der Waals surface area contributed by atoms with Crippen LogP contribution >= 0.6 is 12.4 Å². The number of non-ortho nitro benzene ring substituents is 1. The number of nitro benzene ring substituents is 1. The number of fused-ring (bicyclic) bond motifs is 1. The maximum atomic E-state index is 11.9. The van der Waals surface area contributed by atoms with Crippen LogP contribution in [0.3, 0.4) is 0 Å². The van der Waals surface area contributed by atoms with E-state index in [1.807, 2.05) is 0 Å². The zero-order valence-electron chi connectivity index (χ0n) is 12.1. The van der Waals surface area contributed by atoms with Gasteiger partial charge < -0.3 is 15.1 Å². The van der Waals surface area contributed by atoms with E-state index < -0.39 is 4.92 Å². The number of carbonyl (C=O) groups is 1. The van der Waals surface area contributed by atoms with Crippen molar-refractivity contribution >= 4 is 35.0 Å². The number of hydrogen-bond acceptors (Lipinski definition) is 5. The van der Waals surface area contributed by atoms with Crippen LogP contribution in [0.5, 0.6) is 0 Å². The van der Waals surface area contributed by atoms with E-state index in [9.17, 15) is 14.9 Å². The lowest BCUT2D eigenvalue weighted by Gasteiger charge is -2.03. The molecular formula is C14H18ClN3O4. The summed E-state index contributed by atoms with van der Waals surface area (Å²) in [6, 6.07) is 5.74. The number of nitrogens with one attached hydrogen (secondary N) is 2. The molecule has 2 rings (SSSR count). The molecule has 120 valence electrons. The van der Waals surface area contributed by atoms with E-state index in [4.69, 9.17) is 4.42 Å². The largest absolute Gasteiger partial charge is 0.451 e. The summed E-state index contributed by atoms with van der Waals surface area (Å²) in [5.74, 6) is -0.173. The van der Waals surface area contributed by atoms with Crippen LogP contribution in [0.15, 0.2) is 28.7 Å². The van der Waals surface area contributed by atoms with E-state index in [1.165, 1.54) is 24.3 Å². The van der Waals surface area contributed by atoms with Crippen LogP contribution in [0.1, 0.15) is 23.9 Å². The molecule has 0 bridgehead atoms. The molecule has 0 saturated carbocycles. The van der Waals surface area contributed by atoms with Gasteiger partial charge in [0.15, 0.2) is 5.76 Å². The van der Waals surface area contributed by atoms with Crippen molar-refractivity contribution in [2.75, 3.05) is 19.6 Å². The van der Waals surface area contributed by atoms with Gasteiger partial charge in [-0.3, -0.25) is 14.9 Å². The minimum atomic E-state index is -0.481. The summed E-state index contributed by atoms with van der Waals surface area (Å²) in [6.45, 7) is 4.16. The Labute approximate surface area is 133 Å². The summed E-state index contributed by atoms with van der Waals surface area (Å²) in [4.78, 5) is 22.1. The summed E-state index contributed by atoms with van der Waals surface area (Å²) >= 11 is 0. The maximum Gasteiger partial charge on any atom is 0.287 e. The fourth-order valence-electron chi connectivity index (χ4n) is 1.91. The SMILES string of the molecule is CCCNCCNC(=O)c1cc2cc([N+](=O)[O-])ccc2o1.Cl. The van der Waals surface area contributed by atoms with Gasteiger partial charge in [-0.25, -0.2) is 0 Å². The van der Waals surface area contributed by atoms with Crippen LogP contribution in [-0.4, -0.2) is 30.5 Å². The lowest BCUT2D eigenvalue weighted by molar-refractivity contribution is -0.384. The number of halogens is 1. The molecule has 0 unspecified atom stereocenters. The molecule has 1 amide bonds. The van der Waals surface area contributed by atoms with Gasteiger partial charge in [-0.15, -0.1) is 12.4 Å². The van der Waals surface area contributed by atoms with E-state index in [1.54, 1.807) is 0 Å². The van der Waals surface area contributed by atoms with Gasteiger partial charge in [0.05, 0.1) is 4.92 Å². The van der Waals surface area contributed by atoms with Crippen LogP contribution in [0, 0.1) is 10.1 Å². The predicted molar refractivity (Wildman–Crippen MR) is 85.6 cm³/mol. The molecule has 0 atom stereocenters. The Bertz CT molecular complexity index is 657. The minimum Gasteiger partial charge on any atom is -0.451 e. The van der Waals surface area contributed by atoms with Crippen LogP contribution < -0.4 is 10.6 Å². The number of rotatable bonds is 7. The molecule has 0 aliphatic rings. The van der Waals surface area contributed by atoms with Crippen molar-refractivity contribution in [3.63, 3.8) is 0 Å². The summed E-state index contributed by atoms with van der Waals surface area (Å²) < 4.78 is 5.39. The summed E-state index contributed by atoms with van der Waals surface area (Å²) in [5, 5.41) is 17.1. The number of benzene rings is 1. The highest BCUT2D eigenvalue weighted by molar-refractivity contribution is 5.96. The smallest absolute Gasteiger partial charge is 0.287 e. The van der Waals surface area contributed by atoms with Crippen LogP contribution in [-0.2, 0) is 0 Å². The fourth-order valence-corrected chi connectivity index (χ4v) is 1.91. The molecule has 0 aliphatic carbocycles. The number of carbonyl (C=O) groups excluding carboxylic acids is 1. The molecule has 7 nitrogen and oxygen atoms in total. The first-order valence-electron chi connectivity index (χ1n) is 6.78. The first-order valence-corrected chi connectivity index (χ1v) is 6.78. The Morgan fingerprint density at radius 2 is 2.05 bits per heavy atom. The topological polar surface area (TPSA) is 97.4 Å². The Morgan fingerprint density at radius 3 is 2.73 bits per heavy atom. The number of hydrogen-bond donors (Lipinski definition) is 2. The Balaban J connectivity index is 0.00000242. The third kappa shape index (κ3) is 4.44. The van der Waals surface area contributed by atoms with Crippen molar-refractivity contribution in [1.29, 1.82) is 0 Å². The second-order valence-corrected chi connectivity index (χ2v) is 4.60. The molecule has 22 heavy (non-hydrogen) atoms. The molecule has 1 aromatic carbocycles. The summed E-state index contributed by atoms with van der Waals surface area (Å²) in [6.07, 6.45) is 1.04. The Kier molecular flexibility index (Phi) is 6.81. The molecule has 0 spiro atoms. The van der Waals surface area contributed by atoms with Gasteiger partial charge in [-0.2, -0.15) is 0 Å². The van der Waals surface area contributed by atoms with E-state index >= 15 is 0 Å². The molecule has 0 radical (unpaired) electrons. The molecule has 2 N–H and O–H groups in total. The third-order valence-electron chi connectivity index (χ3n) is 2.95. The molecule has 2 aromatic rings. The van der Waals surface area contributed by atoms with Gasteiger partial charge >= 0.3 is 0 Å². The average Bonchev–Trinajstić information content (AvgIpc) is 2.89. The lowest BCUT2D eigenvalue weighted by atomic mass is 10.2. The highest BCUT2D eigenvalue weighted by atomic mass is 35.5. The van der Waals surface area contributed by atoms with E-state index in [0.29, 0.717) is 24.1 Å². The standard InChI is InChI=1S/C14H17N3O4.ClH/c1-2-5-15-6-7-16-14(18)13-9-10-8-11(17(19)20)3-4-12(10)21-13;/h3-4,8-9,15H,2,5-7H2,1H3,(H,16,18);1H.